The van der Waals surface area contributed by atoms with Gasteiger partial charge in [-0.2, -0.15) is 0 Å². The van der Waals surface area contributed by atoms with Gasteiger partial charge in [0.15, 0.2) is 0 Å². The molecule has 0 fully saturated rings. The SMILES string of the molecule is CCC(CC)C(O)CNC(=O)[C@H](N)c1ccccc1. The van der Waals surface area contributed by atoms with Crippen LogP contribution in [-0.2, 0) is 4.79 Å². The van der Waals surface area contributed by atoms with E-state index in [0.717, 1.165) is 18.4 Å². The largest absolute Gasteiger partial charge is 0.391 e. The van der Waals surface area contributed by atoms with Gasteiger partial charge in [-0.15, -0.1) is 0 Å². The van der Waals surface area contributed by atoms with Crippen molar-refractivity contribution in [2.24, 2.45) is 11.7 Å². The van der Waals surface area contributed by atoms with Crippen molar-refractivity contribution >= 4 is 5.91 Å². The molecule has 1 rings (SSSR count). The molecular formula is C15H24N2O2. The second-order valence-electron chi connectivity index (χ2n) is 4.78. The normalized spacial score (nSPS) is 14.2. The first kappa shape index (κ1) is 15.7. The van der Waals surface area contributed by atoms with Gasteiger partial charge in [0, 0.05) is 6.54 Å². The van der Waals surface area contributed by atoms with Crippen molar-refractivity contribution in [3.8, 4) is 0 Å². The van der Waals surface area contributed by atoms with Crippen LogP contribution in [0, 0.1) is 5.92 Å². The molecule has 4 nitrogen and oxygen atoms in total. The van der Waals surface area contributed by atoms with E-state index in [0.29, 0.717) is 0 Å². The lowest BCUT2D eigenvalue weighted by Crippen LogP contribution is -2.40. The fourth-order valence-electron chi connectivity index (χ4n) is 2.13. The maximum absolute atomic E-state index is 11.9. The average molecular weight is 264 g/mol. The number of aliphatic hydroxyl groups is 1. The van der Waals surface area contributed by atoms with Crippen LogP contribution in [0.5, 0.6) is 0 Å². The van der Waals surface area contributed by atoms with Gasteiger partial charge in [0.1, 0.15) is 6.04 Å². The maximum atomic E-state index is 11.9. The second kappa shape index (κ2) is 7.92. The fourth-order valence-corrected chi connectivity index (χ4v) is 2.13. The Bertz CT molecular complexity index is 377. The molecule has 0 aliphatic heterocycles. The second-order valence-corrected chi connectivity index (χ2v) is 4.78. The van der Waals surface area contributed by atoms with Gasteiger partial charge in [0.25, 0.3) is 0 Å². The molecule has 0 spiro atoms. The third-order valence-electron chi connectivity index (χ3n) is 3.52. The smallest absolute Gasteiger partial charge is 0.241 e. The third kappa shape index (κ3) is 4.65. The lowest BCUT2D eigenvalue weighted by atomic mass is 9.96. The molecule has 1 aromatic rings. The number of benzene rings is 1. The summed E-state index contributed by atoms with van der Waals surface area (Å²) in [5.74, 6) is -0.0375. The summed E-state index contributed by atoms with van der Waals surface area (Å²) in [4.78, 5) is 11.9. The van der Waals surface area contributed by atoms with Gasteiger partial charge < -0.3 is 16.2 Å². The number of carbonyl (C=O) groups is 1. The summed E-state index contributed by atoms with van der Waals surface area (Å²) in [5, 5.41) is 12.7. The number of hydrogen-bond donors (Lipinski definition) is 3. The number of aliphatic hydroxyl groups excluding tert-OH is 1. The lowest BCUT2D eigenvalue weighted by Gasteiger charge is -2.21. The molecule has 1 aromatic carbocycles. The average Bonchev–Trinajstić information content (AvgIpc) is 2.46. The zero-order valence-electron chi connectivity index (χ0n) is 11.7. The third-order valence-corrected chi connectivity index (χ3v) is 3.52. The summed E-state index contributed by atoms with van der Waals surface area (Å²) in [7, 11) is 0. The first-order chi connectivity index (χ1) is 9.10. The molecule has 1 amide bonds. The van der Waals surface area contributed by atoms with E-state index in [1.165, 1.54) is 0 Å². The van der Waals surface area contributed by atoms with Crippen molar-refractivity contribution in [1.29, 1.82) is 0 Å². The van der Waals surface area contributed by atoms with E-state index in [1.54, 1.807) is 0 Å². The predicted molar refractivity (Wildman–Crippen MR) is 76.5 cm³/mol. The molecule has 0 saturated carbocycles. The fraction of sp³-hybridized carbons (Fsp3) is 0.533. The van der Waals surface area contributed by atoms with Gasteiger partial charge in [0.2, 0.25) is 5.91 Å². The molecule has 0 bridgehead atoms. The van der Waals surface area contributed by atoms with E-state index in [2.05, 4.69) is 5.32 Å². The van der Waals surface area contributed by atoms with E-state index in [9.17, 15) is 9.90 Å². The van der Waals surface area contributed by atoms with Crippen molar-refractivity contribution in [2.45, 2.75) is 38.8 Å². The topological polar surface area (TPSA) is 75.3 Å². The minimum Gasteiger partial charge on any atom is -0.391 e. The molecule has 0 saturated heterocycles. The quantitative estimate of drug-likeness (QED) is 0.700. The Hall–Kier alpha value is -1.39. The summed E-state index contributed by atoms with van der Waals surface area (Å²) in [5.41, 5.74) is 6.65. The van der Waals surface area contributed by atoms with Crippen molar-refractivity contribution in [3.05, 3.63) is 35.9 Å². The Morgan fingerprint density at radius 2 is 1.84 bits per heavy atom. The Kier molecular flexibility index (Phi) is 6.53. The summed E-state index contributed by atoms with van der Waals surface area (Å²) in [6.07, 6.45) is 1.29. The molecular weight excluding hydrogens is 240 g/mol. The molecule has 4 heteroatoms. The molecule has 19 heavy (non-hydrogen) atoms. The Labute approximate surface area is 115 Å². The predicted octanol–water partition coefficient (Wildman–Crippen LogP) is 1.60. The molecule has 1 unspecified atom stereocenters. The number of nitrogens with two attached hydrogens (primary N) is 1. The van der Waals surface area contributed by atoms with Crippen LogP contribution < -0.4 is 11.1 Å². The Morgan fingerprint density at radius 1 is 1.26 bits per heavy atom. The number of carbonyl (C=O) groups excluding carboxylic acids is 1. The van der Waals surface area contributed by atoms with Crippen LogP contribution in [0.25, 0.3) is 0 Å². The highest BCUT2D eigenvalue weighted by Gasteiger charge is 2.19. The Balaban J connectivity index is 2.47. The number of rotatable bonds is 7. The van der Waals surface area contributed by atoms with Crippen LogP contribution in [0.1, 0.15) is 38.3 Å². The first-order valence-corrected chi connectivity index (χ1v) is 6.86. The first-order valence-electron chi connectivity index (χ1n) is 6.86. The highest BCUT2D eigenvalue weighted by molar-refractivity contribution is 5.82. The van der Waals surface area contributed by atoms with E-state index < -0.39 is 12.1 Å². The molecule has 0 radical (unpaired) electrons. The number of nitrogens with one attached hydrogen (secondary N) is 1. The van der Waals surface area contributed by atoms with Crippen molar-refractivity contribution < 1.29 is 9.90 Å². The molecule has 0 aliphatic carbocycles. The van der Waals surface area contributed by atoms with Crippen LogP contribution >= 0.6 is 0 Å². The van der Waals surface area contributed by atoms with Gasteiger partial charge in [-0.25, -0.2) is 0 Å². The zero-order chi connectivity index (χ0) is 14.3. The van der Waals surface area contributed by atoms with Gasteiger partial charge in [-0.1, -0.05) is 57.0 Å². The van der Waals surface area contributed by atoms with Gasteiger partial charge in [-0.05, 0) is 11.5 Å². The van der Waals surface area contributed by atoms with Crippen LogP contribution in [0.15, 0.2) is 30.3 Å². The van der Waals surface area contributed by atoms with Gasteiger partial charge in [0.05, 0.1) is 6.10 Å². The summed E-state index contributed by atoms with van der Waals surface area (Å²) in [6.45, 7) is 4.33. The number of hydrogen-bond acceptors (Lipinski definition) is 3. The molecule has 106 valence electrons. The highest BCUT2D eigenvalue weighted by atomic mass is 16.3. The van der Waals surface area contributed by atoms with Crippen molar-refractivity contribution in [1.82, 2.24) is 5.32 Å². The standard InChI is InChI=1S/C15H24N2O2/c1-3-11(4-2)13(18)10-17-15(19)14(16)12-8-6-5-7-9-12/h5-9,11,13-14,18H,3-4,10,16H2,1-2H3,(H,17,19)/t13?,14-/m1/s1. The van der Waals surface area contributed by atoms with Gasteiger partial charge >= 0.3 is 0 Å². The van der Waals surface area contributed by atoms with Crippen molar-refractivity contribution in [2.75, 3.05) is 6.54 Å². The van der Waals surface area contributed by atoms with E-state index in [-0.39, 0.29) is 18.4 Å². The molecule has 0 heterocycles. The van der Waals surface area contributed by atoms with Gasteiger partial charge in [-0.3, -0.25) is 4.79 Å². The van der Waals surface area contributed by atoms with Crippen LogP contribution in [0.3, 0.4) is 0 Å². The number of amides is 1. The van der Waals surface area contributed by atoms with Crippen LogP contribution in [-0.4, -0.2) is 23.7 Å². The minimum absolute atomic E-state index is 0.216. The summed E-state index contributed by atoms with van der Waals surface area (Å²) >= 11 is 0. The van der Waals surface area contributed by atoms with Crippen molar-refractivity contribution in [3.63, 3.8) is 0 Å². The summed E-state index contributed by atoms with van der Waals surface area (Å²) < 4.78 is 0. The summed E-state index contributed by atoms with van der Waals surface area (Å²) in [6, 6.07) is 8.53. The van der Waals surface area contributed by atoms with E-state index >= 15 is 0 Å². The van der Waals surface area contributed by atoms with Crippen LogP contribution in [0.4, 0.5) is 0 Å². The molecule has 0 aliphatic rings. The zero-order valence-corrected chi connectivity index (χ0v) is 11.7. The molecule has 4 N–H and O–H groups in total. The lowest BCUT2D eigenvalue weighted by molar-refractivity contribution is -0.123. The molecule has 0 aromatic heterocycles. The van der Waals surface area contributed by atoms with Crippen LogP contribution in [0.2, 0.25) is 0 Å². The minimum atomic E-state index is -0.685. The monoisotopic (exact) mass is 264 g/mol. The molecule has 2 atom stereocenters. The Morgan fingerprint density at radius 3 is 2.37 bits per heavy atom. The highest BCUT2D eigenvalue weighted by Crippen LogP contribution is 2.13. The maximum Gasteiger partial charge on any atom is 0.241 e. The van der Waals surface area contributed by atoms with E-state index in [4.69, 9.17) is 5.73 Å². The van der Waals surface area contributed by atoms with E-state index in [1.807, 2.05) is 44.2 Å².